The number of anilines is 1. The predicted octanol–water partition coefficient (Wildman–Crippen LogP) is 4.10. The Balaban J connectivity index is 1.43. The van der Waals surface area contributed by atoms with E-state index in [9.17, 15) is 14.9 Å². The Bertz CT molecular complexity index is 1090. The number of nitro groups is 1. The average Bonchev–Trinajstić information content (AvgIpc) is 3.35. The molecule has 28 heavy (non-hydrogen) atoms. The molecular formula is C19H13N3O5S. The van der Waals surface area contributed by atoms with Crippen molar-refractivity contribution >= 4 is 34.1 Å². The highest BCUT2D eigenvalue weighted by molar-refractivity contribution is 7.14. The lowest BCUT2D eigenvalue weighted by molar-refractivity contribution is -0.384. The van der Waals surface area contributed by atoms with Crippen molar-refractivity contribution in [1.82, 2.24) is 4.98 Å². The van der Waals surface area contributed by atoms with E-state index in [-0.39, 0.29) is 18.4 Å². The first-order valence-electron chi connectivity index (χ1n) is 8.17. The van der Waals surface area contributed by atoms with Gasteiger partial charge in [0, 0.05) is 29.2 Å². The Labute approximate surface area is 163 Å². The number of amides is 1. The molecule has 0 saturated carbocycles. The molecule has 9 heteroatoms. The number of nitrogens with one attached hydrogen (secondary N) is 1. The molecule has 4 rings (SSSR count). The summed E-state index contributed by atoms with van der Waals surface area (Å²) in [4.78, 5) is 26.9. The van der Waals surface area contributed by atoms with Crippen LogP contribution in [0.5, 0.6) is 11.5 Å². The summed E-state index contributed by atoms with van der Waals surface area (Å²) in [5, 5.41) is 15.7. The first kappa shape index (κ1) is 17.7. The average molecular weight is 395 g/mol. The standard InChI is InChI=1S/C19H13N3O5S/c23-18(7-5-12-4-6-16-17(8-12)27-11-26-16)21-19-20-15(10-28-19)13-2-1-3-14(9-13)22(24)25/h1-10H,11H2,(H,20,21,23). The van der Waals surface area contributed by atoms with Crippen molar-refractivity contribution in [3.8, 4) is 22.8 Å². The molecule has 0 spiro atoms. The van der Waals surface area contributed by atoms with Gasteiger partial charge in [-0.1, -0.05) is 18.2 Å². The van der Waals surface area contributed by atoms with E-state index >= 15 is 0 Å². The van der Waals surface area contributed by atoms with Crippen LogP contribution in [0.1, 0.15) is 5.56 Å². The van der Waals surface area contributed by atoms with Crippen LogP contribution < -0.4 is 14.8 Å². The van der Waals surface area contributed by atoms with Crippen molar-refractivity contribution in [2.45, 2.75) is 0 Å². The number of carbonyl (C=O) groups excluding carboxylic acids is 1. The Morgan fingerprint density at radius 2 is 2.07 bits per heavy atom. The number of ether oxygens (including phenoxy) is 2. The molecule has 0 unspecified atom stereocenters. The molecule has 0 aliphatic carbocycles. The van der Waals surface area contributed by atoms with E-state index in [1.807, 2.05) is 6.07 Å². The van der Waals surface area contributed by atoms with Gasteiger partial charge in [-0.25, -0.2) is 4.98 Å². The lowest BCUT2D eigenvalue weighted by atomic mass is 10.1. The van der Waals surface area contributed by atoms with Gasteiger partial charge in [0.15, 0.2) is 16.6 Å². The minimum Gasteiger partial charge on any atom is -0.454 e. The highest BCUT2D eigenvalue weighted by atomic mass is 32.1. The van der Waals surface area contributed by atoms with Gasteiger partial charge in [-0.3, -0.25) is 20.2 Å². The van der Waals surface area contributed by atoms with Crippen LogP contribution in [-0.2, 0) is 4.79 Å². The largest absolute Gasteiger partial charge is 0.454 e. The molecule has 1 aliphatic heterocycles. The van der Waals surface area contributed by atoms with Crippen LogP contribution in [0, 0.1) is 10.1 Å². The number of aromatic nitrogens is 1. The molecule has 140 valence electrons. The van der Waals surface area contributed by atoms with Gasteiger partial charge in [0.2, 0.25) is 12.7 Å². The van der Waals surface area contributed by atoms with E-state index < -0.39 is 4.92 Å². The van der Waals surface area contributed by atoms with Gasteiger partial charge >= 0.3 is 0 Å². The molecule has 0 atom stereocenters. The summed E-state index contributed by atoms with van der Waals surface area (Å²) in [6.07, 6.45) is 3.05. The Kier molecular flexibility index (Phi) is 4.73. The van der Waals surface area contributed by atoms with Crippen molar-refractivity contribution in [2.24, 2.45) is 0 Å². The fourth-order valence-corrected chi connectivity index (χ4v) is 3.30. The maximum absolute atomic E-state index is 12.1. The monoisotopic (exact) mass is 395 g/mol. The second-order valence-corrected chi connectivity index (χ2v) is 6.64. The van der Waals surface area contributed by atoms with Crippen molar-refractivity contribution in [3.05, 3.63) is 69.6 Å². The molecule has 8 nitrogen and oxygen atoms in total. The van der Waals surface area contributed by atoms with Gasteiger partial charge in [0.05, 0.1) is 10.6 Å². The van der Waals surface area contributed by atoms with Crippen LogP contribution in [0.25, 0.3) is 17.3 Å². The molecule has 0 saturated heterocycles. The van der Waals surface area contributed by atoms with Crippen LogP contribution in [0.4, 0.5) is 10.8 Å². The topological polar surface area (TPSA) is 104 Å². The summed E-state index contributed by atoms with van der Waals surface area (Å²) in [7, 11) is 0. The molecule has 1 aliphatic rings. The minimum absolute atomic E-state index is 0.0113. The summed E-state index contributed by atoms with van der Waals surface area (Å²) in [6, 6.07) is 11.6. The van der Waals surface area contributed by atoms with E-state index in [4.69, 9.17) is 9.47 Å². The van der Waals surface area contributed by atoms with Gasteiger partial charge in [0.1, 0.15) is 0 Å². The Morgan fingerprint density at radius 3 is 2.93 bits per heavy atom. The molecule has 1 N–H and O–H groups in total. The maximum atomic E-state index is 12.1. The van der Waals surface area contributed by atoms with E-state index in [0.717, 1.165) is 5.56 Å². The number of hydrogen-bond donors (Lipinski definition) is 1. The zero-order valence-corrected chi connectivity index (χ0v) is 15.1. The smallest absolute Gasteiger partial charge is 0.270 e. The third-order valence-electron chi connectivity index (χ3n) is 3.91. The number of non-ortho nitro benzene ring substituents is 1. The molecule has 0 radical (unpaired) electrons. The molecule has 2 aromatic carbocycles. The number of benzene rings is 2. The van der Waals surface area contributed by atoms with Gasteiger partial charge < -0.3 is 9.47 Å². The maximum Gasteiger partial charge on any atom is 0.270 e. The first-order valence-corrected chi connectivity index (χ1v) is 9.05. The SMILES string of the molecule is O=C(C=Cc1ccc2c(c1)OCO2)Nc1nc(-c2cccc([N+](=O)[O-])c2)cs1. The molecule has 0 bridgehead atoms. The van der Waals surface area contributed by atoms with Crippen molar-refractivity contribution in [3.63, 3.8) is 0 Å². The predicted molar refractivity (Wildman–Crippen MR) is 104 cm³/mol. The van der Waals surface area contributed by atoms with Gasteiger partial charge in [-0.05, 0) is 23.8 Å². The van der Waals surface area contributed by atoms with Crippen LogP contribution in [0.2, 0.25) is 0 Å². The highest BCUT2D eigenvalue weighted by Gasteiger charge is 2.13. The number of nitrogens with zero attached hydrogens (tertiary/aromatic N) is 2. The highest BCUT2D eigenvalue weighted by Crippen LogP contribution is 2.33. The van der Waals surface area contributed by atoms with Crippen molar-refractivity contribution in [2.75, 3.05) is 12.1 Å². The third-order valence-corrected chi connectivity index (χ3v) is 4.67. The van der Waals surface area contributed by atoms with Crippen LogP contribution in [0.3, 0.4) is 0 Å². The summed E-state index contributed by atoms with van der Waals surface area (Å²) in [5.74, 6) is 0.986. The van der Waals surface area contributed by atoms with E-state index in [2.05, 4.69) is 10.3 Å². The summed E-state index contributed by atoms with van der Waals surface area (Å²) < 4.78 is 10.5. The van der Waals surface area contributed by atoms with Gasteiger partial charge in [-0.2, -0.15) is 0 Å². The Morgan fingerprint density at radius 1 is 1.21 bits per heavy atom. The Hall–Kier alpha value is -3.72. The number of rotatable bonds is 5. The van der Waals surface area contributed by atoms with E-state index in [1.54, 1.807) is 35.7 Å². The number of carbonyl (C=O) groups is 1. The first-order chi connectivity index (χ1) is 13.6. The second kappa shape index (κ2) is 7.49. The van der Waals surface area contributed by atoms with Crippen LogP contribution in [0.15, 0.2) is 53.9 Å². The normalized spacial score (nSPS) is 12.3. The number of nitro benzene ring substituents is 1. The lowest BCUT2D eigenvalue weighted by Gasteiger charge is -1.99. The third kappa shape index (κ3) is 3.84. The fraction of sp³-hybridized carbons (Fsp3) is 0.0526. The molecule has 2 heterocycles. The number of thiazole rings is 1. The van der Waals surface area contributed by atoms with Gasteiger partial charge in [-0.15, -0.1) is 11.3 Å². The number of hydrogen-bond acceptors (Lipinski definition) is 7. The van der Waals surface area contributed by atoms with E-state index in [0.29, 0.717) is 27.9 Å². The summed E-state index contributed by atoms with van der Waals surface area (Å²) in [6.45, 7) is 0.194. The summed E-state index contributed by atoms with van der Waals surface area (Å²) in [5.41, 5.74) is 1.96. The molecule has 1 amide bonds. The zero-order valence-electron chi connectivity index (χ0n) is 14.3. The second-order valence-electron chi connectivity index (χ2n) is 5.78. The summed E-state index contributed by atoms with van der Waals surface area (Å²) >= 11 is 1.24. The lowest BCUT2D eigenvalue weighted by Crippen LogP contribution is -2.07. The van der Waals surface area contributed by atoms with Crippen molar-refractivity contribution < 1.29 is 19.2 Å². The van der Waals surface area contributed by atoms with Gasteiger partial charge in [0.25, 0.3) is 5.69 Å². The zero-order chi connectivity index (χ0) is 19.5. The van der Waals surface area contributed by atoms with Crippen molar-refractivity contribution in [1.29, 1.82) is 0 Å². The minimum atomic E-state index is -0.459. The molecule has 3 aromatic rings. The molecule has 0 fully saturated rings. The quantitative estimate of drug-likeness (QED) is 0.396. The number of fused-ring (bicyclic) bond motifs is 1. The fourth-order valence-electron chi connectivity index (χ4n) is 2.58. The van der Waals surface area contributed by atoms with Crippen LogP contribution in [-0.4, -0.2) is 22.6 Å². The van der Waals surface area contributed by atoms with E-state index in [1.165, 1.54) is 29.5 Å². The van der Waals surface area contributed by atoms with Crippen LogP contribution >= 0.6 is 11.3 Å². The molecule has 1 aromatic heterocycles. The molecular weight excluding hydrogens is 382 g/mol.